The molecule has 24 heteroatoms. The van der Waals surface area contributed by atoms with Crippen molar-refractivity contribution in [3.8, 4) is 52.9 Å². The lowest BCUT2D eigenvalue weighted by molar-refractivity contribution is -0.140. The first-order chi connectivity index (χ1) is 61.0. The van der Waals surface area contributed by atoms with Gasteiger partial charge in [0.2, 0.25) is 5.91 Å². The molecule has 10 aromatic carbocycles. The summed E-state index contributed by atoms with van der Waals surface area (Å²) in [5.41, 5.74) is 14.4. The third-order valence-corrected chi connectivity index (χ3v) is 21.7. The Morgan fingerprint density at radius 2 is 0.802 bits per heavy atom. The molecule has 15 rings (SSSR count). The fourth-order valence-corrected chi connectivity index (χ4v) is 15.8. The number of aliphatic hydroxyl groups excluding tert-OH is 2. The molecule has 15 aromatic rings. The number of nitrogens with one attached hydrogen (secondary N) is 3. The summed E-state index contributed by atoms with van der Waals surface area (Å²) in [7, 11) is 16.0. The first-order valence-electron chi connectivity index (χ1n) is 40.7. The molecule has 0 atom stereocenters. The molecule has 0 radical (unpaired) electrons. The van der Waals surface area contributed by atoms with Crippen LogP contribution in [0.5, 0.6) is 28.7 Å². The monoisotopic (exact) mass is 1780 g/mol. The van der Waals surface area contributed by atoms with Crippen molar-refractivity contribution in [2.45, 2.75) is 77.6 Å². The van der Waals surface area contributed by atoms with Gasteiger partial charge in [0, 0.05) is 97.9 Å². The second-order valence-corrected chi connectivity index (χ2v) is 30.1. The van der Waals surface area contributed by atoms with E-state index in [2.05, 4.69) is 90.1 Å². The van der Waals surface area contributed by atoms with Crippen LogP contribution in [-0.4, -0.2) is 128 Å². The molecule has 0 spiro atoms. The van der Waals surface area contributed by atoms with Crippen molar-refractivity contribution >= 4 is 88.3 Å². The molecule has 126 heavy (non-hydrogen) atoms. The number of benzene rings is 10. The van der Waals surface area contributed by atoms with Crippen LogP contribution in [0.15, 0.2) is 217 Å². The van der Waals surface area contributed by atoms with E-state index in [9.17, 15) is 46.5 Å². The molecule has 5 aromatic heterocycles. The van der Waals surface area contributed by atoms with Gasteiger partial charge in [0.15, 0.2) is 0 Å². The average Bonchev–Trinajstić information content (AvgIpc) is 1.61. The van der Waals surface area contributed by atoms with Gasteiger partial charge in [-0.1, -0.05) is 145 Å². The molecule has 654 valence electrons. The van der Waals surface area contributed by atoms with E-state index in [1.165, 1.54) is 70.4 Å². The molecular weight excluding hydrogens is 1680 g/mol. The van der Waals surface area contributed by atoms with E-state index in [0.717, 1.165) is 110 Å². The number of H-pyrrole nitrogens is 2. The van der Waals surface area contributed by atoms with Gasteiger partial charge in [-0.25, -0.2) is 22.0 Å². The van der Waals surface area contributed by atoms with E-state index in [1.54, 1.807) is 56.5 Å². The molecule has 0 aliphatic rings. The number of hydrogen-bond acceptors (Lipinski definition) is 13. The second kappa shape index (κ2) is 46.4. The van der Waals surface area contributed by atoms with Gasteiger partial charge in [-0.2, -0.15) is 0 Å². The van der Waals surface area contributed by atoms with Crippen LogP contribution in [0.2, 0.25) is 0 Å². The lowest BCUT2D eigenvalue weighted by atomic mass is 9.99. The number of aromatic nitrogens is 5. The predicted molar refractivity (Wildman–Crippen MR) is 490 cm³/mol. The maximum absolute atomic E-state index is 14.8. The molecule has 5 heterocycles. The summed E-state index contributed by atoms with van der Waals surface area (Å²) in [6.07, 6.45) is 20.1. The van der Waals surface area contributed by atoms with Crippen LogP contribution in [0.3, 0.4) is 0 Å². The van der Waals surface area contributed by atoms with E-state index < -0.39 is 23.6 Å². The number of carbonyl (C=O) groups is 3. The minimum absolute atomic E-state index is 0.0157. The maximum Gasteiger partial charge on any atom is 0.310 e. The van der Waals surface area contributed by atoms with E-state index in [4.69, 9.17) is 34.8 Å². The molecule has 18 nitrogen and oxygen atoms in total. The van der Waals surface area contributed by atoms with Crippen LogP contribution in [0.1, 0.15) is 89.6 Å². The number of aliphatic hydroxyl groups is 2. The van der Waals surface area contributed by atoms with Crippen LogP contribution in [0.25, 0.3) is 54.5 Å². The Labute approximate surface area is 738 Å². The fraction of sp³-hybridized carbons (Fsp3) is 0.245. The maximum atomic E-state index is 14.8. The summed E-state index contributed by atoms with van der Waals surface area (Å²) in [5.74, 6) is 8.47. The van der Waals surface area contributed by atoms with Gasteiger partial charge in [0.05, 0.1) is 106 Å². The number of terminal acetylenes is 1. The average molecular weight is 1780 g/mol. The molecule has 5 N–H and O–H groups in total. The van der Waals surface area contributed by atoms with Gasteiger partial charge in [-0.3, -0.25) is 19.0 Å². The Balaban J connectivity index is 0.000000161. The third kappa shape index (κ3) is 23.4. The van der Waals surface area contributed by atoms with Crippen LogP contribution >= 0.6 is 15.9 Å². The van der Waals surface area contributed by atoms with E-state index in [0.29, 0.717) is 97.2 Å². The highest BCUT2D eigenvalue weighted by atomic mass is 79.9. The molecule has 0 fully saturated rings. The molecule has 0 unspecified atom stereocenters. The minimum Gasteiger partial charge on any atom is -0.496 e. The number of carbonyl (C=O) groups excluding carboxylic acids is 3. The lowest BCUT2D eigenvalue weighted by Gasteiger charge is -2.13. The zero-order valence-electron chi connectivity index (χ0n) is 72.3. The Morgan fingerprint density at radius 1 is 0.421 bits per heavy atom. The van der Waals surface area contributed by atoms with Crippen molar-refractivity contribution in [3.63, 3.8) is 0 Å². The molecule has 0 saturated carbocycles. The number of methoxy groups -OCH3 is 7. The summed E-state index contributed by atoms with van der Waals surface area (Å²) in [6, 6.07) is 56.8. The third-order valence-electron chi connectivity index (χ3n) is 21.1. The first-order valence-corrected chi connectivity index (χ1v) is 41.5. The smallest absolute Gasteiger partial charge is 0.310 e. The second-order valence-electron chi connectivity index (χ2n) is 29.2. The number of nitrogens with zero attached hydrogens (tertiary/aromatic N) is 3. The van der Waals surface area contributed by atoms with Gasteiger partial charge in [-0.05, 0) is 203 Å². The Kier molecular flexibility index (Phi) is 34.9. The van der Waals surface area contributed by atoms with Crippen molar-refractivity contribution in [2.75, 3.05) is 76.6 Å². The molecule has 0 amide bonds. The van der Waals surface area contributed by atoms with Crippen LogP contribution in [0.4, 0.5) is 22.0 Å². The van der Waals surface area contributed by atoms with Crippen molar-refractivity contribution in [3.05, 3.63) is 324 Å². The van der Waals surface area contributed by atoms with Crippen LogP contribution in [-0.2, 0) is 104 Å². The number of aryl methyl sites for hydroxylation is 8. The highest BCUT2D eigenvalue weighted by Gasteiger charge is 2.27. The highest BCUT2D eigenvalue weighted by Crippen LogP contribution is 2.42. The number of likely N-dealkylation sites (N-methyl/N-ethyl adjacent to an activating group) is 1. The minimum atomic E-state index is -0.580. The Morgan fingerprint density at radius 3 is 1.22 bits per heavy atom. The Hall–Kier alpha value is -13.4. The summed E-state index contributed by atoms with van der Waals surface area (Å²) < 4.78 is 115. The quantitative estimate of drug-likeness (QED) is 0.0205. The van der Waals surface area contributed by atoms with Gasteiger partial charge in [0.1, 0.15) is 57.8 Å². The zero-order chi connectivity index (χ0) is 90.5. The van der Waals surface area contributed by atoms with Crippen molar-refractivity contribution in [1.82, 2.24) is 29.0 Å². The van der Waals surface area contributed by atoms with Crippen molar-refractivity contribution in [1.29, 1.82) is 0 Å². The molecular formula is C102H102BrF5N6O12. The summed E-state index contributed by atoms with van der Waals surface area (Å²) in [6.45, 7) is 2.21. The largest absolute Gasteiger partial charge is 0.496 e. The number of ether oxygens (including phenoxy) is 7. The van der Waals surface area contributed by atoms with E-state index in [-0.39, 0.29) is 60.4 Å². The molecule has 0 aliphatic heterocycles. The first kappa shape index (κ1) is 94.9. The highest BCUT2D eigenvalue weighted by molar-refractivity contribution is 9.10. The van der Waals surface area contributed by atoms with Crippen LogP contribution < -0.4 is 29.0 Å². The number of fused-ring (bicyclic) bond motifs is 5. The van der Waals surface area contributed by atoms with Gasteiger partial charge in [0.25, 0.3) is 0 Å². The van der Waals surface area contributed by atoms with E-state index in [1.807, 2.05) is 153 Å². The van der Waals surface area contributed by atoms with Crippen LogP contribution in [0, 0.1) is 53.3 Å². The van der Waals surface area contributed by atoms with Gasteiger partial charge in [-0.15, -0.1) is 6.42 Å². The molecule has 0 bridgehead atoms. The predicted octanol–water partition coefficient (Wildman–Crippen LogP) is 19.2. The normalized spacial score (nSPS) is 10.7. The van der Waals surface area contributed by atoms with Gasteiger partial charge < -0.3 is 67.8 Å². The summed E-state index contributed by atoms with van der Waals surface area (Å²) in [5, 5.41) is 25.0. The van der Waals surface area contributed by atoms with Crippen molar-refractivity contribution < 1.29 is 79.7 Å². The fourth-order valence-electron chi connectivity index (χ4n) is 15.2. The lowest BCUT2D eigenvalue weighted by Crippen LogP contribution is -2.10. The topological polar surface area (TPSA) is 215 Å². The Bertz CT molecular complexity index is 6330. The number of hydrogen-bond donors (Lipinski definition) is 5. The molecule has 0 saturated heterocycles. The SMILES string of the molecule is C#Cc1ccccc1.CNCCc1cn(C)c2c(F)cc(CCc3ccccc3)c(OC)c12.COC(=O)Cc1c[nH]c2c(F)cc(C#Cc3ccccc3)c(OC)c12.COC(=O)Cc1cn(C(C)=O)c2c(F)cc(Br)c(OC)c12.COc1c(CCc2ccccc2)cc(F)c2[nH]cc(CCO)c12.COc1c(CCc2ccccc2)cc(F)c2c1c(CCO)cn2C. The van der Waals surface area contributed by atoms with Crippen molar-refractivity contribution in [2.24, 2.45) is 14.1 Å². The molecule has 0 aliphatic carbocycles. The number of rotatable bonds is 25. The zero-order valence-corrected chi connectivity index (χ0v) is 73.9. The summed E-state index contributed by atoms with van der Waals surface area (Å²) in [4.78, 5) is 40.6. The number of aromatic amines is 2. The summed E-state index contributed by atoms with van der Waals surface area (Å²) >= 11 is 3.22. The van der Waals surface area contributed by atoms with E-state index >= 15 is 0 Å². The standard InChI is InChI=1S/C21H25FN2O.C20H16FNO3.C20H22FNO2.C19H20FNO2.C14H13BrFNO4.C8H6/c1-23-12-11-17-14-24(2)20-18(22)13-16(21(25-3)19(17)20)10-9-15-7-5-4-6-8-15;1-24-17(23)11-15-12-22-19-16(21)10-14(20(25-2)18(15)19)9-8-13-6-4-3-5-7-13;1-22-13-16(10-11-23)18-19(22)17(21)12-15(20(18)24-2)9-8-14-6-4-3-5-7-14;1-23-19-14(8-7-13-5-3-2-4-6-13)11-16(20)18-17(19)15(9-10-22)12-21-18;1-7(18)17-6-8(4-11(19)20-2)12-13(17)10(16)5-9(15)14(12)21-3;1-2-8-6-4-3-5-7-8/h4-8,13-14,23H,9-12H2,1-3H3;3-7,10,12,22H,11H2,1-2H3;3-7,12-13,23H,8-11H2,1-2H3;2-6,11-12,21-22H,7-10H2,1H3;5-6H,4H2,1-3H3;1,3-7H. The van der Waals surface area contributed by atoms with Gasteiger partial charge >= 0.3 is 11.9 Å². The number of halogens is 6. The number of esters is 2.